The Morgan fingerprint density at radius 3 is 2.42 bits per heavy atom. The Hall–Kier alpha value is -1.23. The minimum absolute atomic E-state index is 0.0579. The molecule has 1 saturated carbocycles. The normalized spacial score (nSPS) is 27.6. The van der Waals surface area contributed by atoms with Crippen molar-refractivity contribution in [1.82, 2.24) is 10.3 Å². The van der Waals surface area contributed by atoms with E-state index in [-0.39, 0.29) is 18.3 Å². The van der Waals surface area contributed by atoms with Crippen molar-refractivity contribution in [2.75, 3.05) is 31.1 Å². The topological polar surface area (TPSA) is 28.2 Å². The summed E-state index contributed by atoms with van der Waals surface area (Å²) < 4.78 is 25.9. The fraction of sp³-hybridized carbons (Fsp3) is 0.643. The molecule has 102 valence electrons. The number of alkyl halides is 2. The van der Waals surface area contributed by atoms with Gasteiger partial charge in [-0.3, -0.25) is 0 Å². The van der Waals surface area contributed by atoms with Crippen LogP contribution in [0.15, 0.2) is 18.3 Å². The van der Waals surface area contributed by atoms with Gasteiger partial charge in [0.2, 0.25) is 5.92 Å². The monoisotopic (exact) mass is 265 g/mol. The quantitative estimate of drug-likeness (QED) is 0.886. The van der Waals surface area contributed by atoms with Crippen LogP contribution in [0.5, 0.6) is 0 Å². The van der Waals surface area contributed by atoms with Gasteiger partial charge in [-0.1, -0.05) is 6.07 Å². The maximum atomic E-state index is 12.9. The summed E-state index contributed by atoms with van der Waals surface area (Å²) in [6.45, 7) is 3.53. The van der Waals surface area contributed by atoms with E-state index in [0.29, 0.717) is 5.92 Å². The third-order valence-corrected chi connectivity index (χ3v) is 4.67. The zero-order chi connectivity index (χ0) is 13.1. The predicted octanol–water partition coefficient (Wildman–Crippen LogP) is 2.00. The maximum absolute atomic E-state index is 12.9. The third kappa shape index (κ3) is 1.83. The lowest BCUT2D eigenvalue weighted by molar-refractivity contribution is -0.170. The van der Waals surface area contributed by atoms with Gasteiger partial charge >= 0.3 is 0 Å². The van der Waals surface area contributed by atoms with Crippen LogP contribution in [-0.2, 0) is 0 Å². The number of aromatic nitrogens is 1. The summed E-state index contributed by atoms with van der Waals surface area (Å²) in [5, 5.41) is 3.24. The van der Waals surface area contributed by atoms with Gasteiger partial charge in [0.25, 0.3) is 0 Å². The molecule has 4 rings (SSSR count). The molecule has 0 atom stereocenters. The molecule has 3 fully saturated rings. The fourth-order valence-electron chi connectivity index (χ4n) is 3.54. The van der Waals surface area contributed by atoms with E-state index in [4.69, 9.17) is 0 Å². The molecule has 2 saturated heterocycles. The summed E-state index contributed by atoms with van der Waals surface area (Å²) in [5.74, 6) is -0.896. The van der Waals surface area contributed by atoms with E-state index in [0.717, 1.165) is 32.0 Å². The zero-order valence-electron chi connectivity index (χ0n) is 10.7. The Bertz CT molecular complexity index is 480. The van der Waals surface area contributed by atoms with E-state index in [1.165, 1.54) is 5.56 Å². The van der Waals surface area contributed by atoms with Crippen LogP contribution in [0.4, 0.5) is 14.6 Å². The SMILES string of the molecule is FC1(F)CC2(CN(c3ccc(C4CNC4)cn3)C2)C1. The van der Waals surface area contributed by atoms with E-state index in [9.17, 15) is 8.78 Å². The summed E-state index contributed by atoms with van der Waals surface area (Å²) in [5.41, 5.74) is 1.15. The van der Waals surface area contributed by atoms with E-state index in [2.05, 4.69) is 21.3 Å². The van der Waals surface area contributed by atoms with Gasteiger partial charge in [0.15, 0.2) is 0 Å². The van der Waals surface area contributed by atoms with Gasteiger partial charge in [-0.15, -0.1) is 0 Å². The molecule has 19 heavy (non-hydrogen) atoms. The second-order valence-electron chi connectivity index (χ2n) is 6.37. The number of rotatable bonds is 2. The largest absolute Gasteiger partial charge is 0.355 e. The van der Waals surface area contributed by atoms with Gasteiger partial charge in [0, 0.05) is 56.6 Å². The zero-order valence-corrected chi connectivity index (χ0v) is 10.7. The summed E-state index contributed by atoms with van der Waals surface area (Å²) in [6.07, 6.45) is 2.05. The first-order valence-electron chi connectivity index (χ1n) is 6.85. The molecule has 1 aromatic heterocycles. The van der Waals surface area contributed by atoms with Gasteiger partial charge < -0.3 is 10.2 Å². The number of halogens is 2. The molecule has 2 aliphatic heterocycles. The second-order valence-corrected chi connectivity index (χ2v) is 6.37. The van der Waals surface area contributed by atoms with Crippen molar-refractivity contribution in [3.05, 3.63) is 23.9 Å². The smallest absolute Gasteiger partial charge is 0.249 e. The summed E-state index contributed by atoms with van der Waals surface area (Å²) in [7, 11) is 0. The lowest BCUT2D eigenvalue weighted by Crippen LogP contribution is -2.66. The average molecular weight is 265 g/mol. The molecule has 5 heteroatoms. The predicted molar refractivity (Wildman–Crippen MR) is 68.7 cm³/mol. The molecule has 1 spiro atoms. The highest BCUT2D eigenvalue weighted by Crippen LogP contribution is 2.57. The van der Waals surface area contributed by atoms with Crippen LogP contribution in [0.2, 0.25) is 0 Å². The van der Waals surface area contributed by atoms with Gasteiger partial charge in [-0.2, -0.15) is 0 Å². The first-order valence-corrected chi connectivity index (χ1v) is 6.85. The van der Waals surface area contributed by atoms with Gasteiger partial charge in [-0.25, -0.2) is 13.8 Å². The third-order valence-electron chi connectivity index (χ3n) is 4.67. The van der Waals surface area contributed by atoms with Crippen LogP contribution in [-0.4, -0.2) is 37.1 Å². The van der Waals surface area contributed by atoms with Crippen LogP contribution in [0.1, 0.15) is 24.3 Å². The van der Waals surface area contributed by atoms with Crippen molar-refractivity contribution < 1.29 is 8.78 Å². The van der Waals surface area contributed by atoms with Crippen molar-refractivity contribution in [2.45, 2.75) is 24.7 Å². The molecule has 3 heterocycles. The second kappa shape index (κ2) is 3.66. The number of nitrogens with zero attached hydrogens (tertiary/aromatic N) is 2. The van der Waals surface area contributed by atoms with Gasteiger partial charge in [0.05, 0.1) is 0 Å². The van der Waals surface area contributed by atoms with Gasteiger partial charge in [-0.05, 0) is 11.6 Å². The molecule has 0 radical (unpaired) electrons. The minimum atomic E-state index is -2.42. The molecule has 0 aromatic carbocycles. The Morgan fingerprint density at radius 2 is 1.95 bits per heavy atom. The lowest BCUT2D eigenvalue weighted by atomic mass is 9.61. The summed E-state index contributed by atoms with van der Waals surface area (Å²) in [6, 6.07) is 4.14. The maximum Gasteiger partial charge on any atom is 0.249 e. The van der Waals surface area contributed by atoms with E-state index in [1.54, 1.807) is 0 Å². The van der Waals surface area contributed by atoms with E-state index in [1.807, 2.05) is 12.3 Å². The highest BCUT2D eigenvalue weighted by molar-refractivity contribution is 5.45. The molecule has 1 aliphatic carbocycles. The van der Waals surface area contributed by atoms with Crippen molar-refractivity contribution in [3.8, 4) is 0 Å². The average Bonchev–Trinajstić information content (AvgIpc) is 2.21. The molecule has 3 nitrogen and oxygen atoms in total. The number of hydrogen-bond acceptors (Lipinski definition) is 3. The van der Waals surface area contributed by atoms with E-state index >= 15 is 0 Å². The summed E-state index contributed by atoms with van der Waals surface area (Å²) >= 11 is 0. The highest BCUT2D eigenvalue weighted by Gasteiger charge is 2.61. The molecule has 3 aliphatic rings. The molecular formula is C14H17F2N3. The van der Waals surface area contributed by atoms with Crippen LogP contribution in [0.3, 0.4) is 0 Å². The number of pyridine rings is 1. The first kappa shape index (κ1) is 11.6. The standard InChI is InChI=1S/C14H17F2N3/c15-14(16)6-13(7-14)8-19(9-13)12-2-1-10(5-18-12)11-3-17-4-11/h1-2,5,11,17H,3-4,6-9H2. The van der Waals surface area contributed by atoms with Crippen LogP contribution in [0, 0.1) is 5.41 Å². The van der Waals surface area contributed by atoms with E-state index < -0.39 is 5.92 Å². The molecule has 1 N–H and O–H groups in total. The molecule has 0 amide bonds. The fourth-order valence-corrected chi connectivity index (χ4v) is 3.54. The molecular weight excluding hydrogens is 248 g/mol. The van der Waals surface area contributed by atoms with Crippen molar-refractivity contribution in [1.29, 1.82) is 0 Å². The van der Waals surface area contributed by atoms with Crippen molar-refractivity contribution in [3.63, 3.8) is 0 Å². The number of anilines is 1. The Labute approximate surface area is 111 Å². The first-order chi connectivity index (χ1) is 9.05. The van der Waals surface area contributed by atoms with Crippen molar-refractivity contribution in [2.24, 2.45) is 5.41 Å². The van der Waals surface area contributed by atoms with Crippen LogP contribution >= 0.6 is 0 Å². The lowest BCUT2D eigenvalue weighted by Gasteiger charge is -2.59. The number of nitrogens with one attached hydrogen (secondary N) is 1. The minimum Gasteiger partial charge on any atom is -0.355 e. The molecule has 0 bridgehead atoms. The Balaban J connectivity index is 1.39. The Morgan fingerprint density at radius 1 is 1.21 bits per heavy atom. The number of hydrogen-bond donors (Lipinski definition) is 1. The van der Waals surface area contributed by atoms with Crippen LogP contribution < -0.4 is 10.2 Å². The highest BCUT2D eigenvalue weighted by atomic mass is 19.3. The van der Waals surface area contributed by atoms with Gasteiger partial charge in [0.1, 0.15) is 5.82 Å². The summed E-state index contributed by atoms with van der Waals surface area (Å²) in [4.78, 5) is 6.58. The van der Waals surface area contributed by atoms with Crippen LogP contribution in [0.25, 0.3) is 0 Å². The molecule has 1 aromatic rings. The molecule has 0 unspecified atom stereocenters. The Kier molecular flexibility index (Phi) is 2.23. The van der Waals surface area contributed by atoms with Crippen molar-refractivity contribution >= 4 is 5.82 Å².